The van der Waals surface area contributed by atoms with Crippen LogP contribution in [0.3, 0.4) is 0 Å². The standard InChI is InChI=1S/C10H13N5O4/c1-7-11-5-8(15(18)19)13(7)3-4-14-9(16)6-12(2)10(14)17/h5H,3-4,6H2,1-2H3. The summed E-state index contributed by atoms with van der Waals surface area (Å²) >= 11 is 0. The van der Waals surface area contributed by atoms with Crippen LogP contribution in [0, 0.1) is 17.0 Å². The second kappa shape index (κ2) is 4.67. The van der Waals surface area contributed by atoms with E-state index in [0.717, 1.165) is 11.1 Å². The van der Waals surface area contributed by atoms with Crippen LogP contribution in [0.4, 0.5) is 10.6 Å². The molecule has 1 saturated heterocycles. The van der Waals surface area contributed by atoms with Gasteiger partial charge < -0.3 is 15.0 Å². The molecule has 2 rings (SSSR count). The molecule has 1 fully saturated rings. The van der Waals surface area contributed by atoms with Crippen molar-refractivity contribution in [1.82, 2.24) is 19.4 Å². The van der Waals surface area contributed by atoms with Gasteiger partial charge in [-0.2, -0.15) is 0 Å². The third-order valence-electron chi connectivity index (χ3n) is 3.00. The molecule has 0 atom stereocenters. The van der Waals surface area contributed by atoms with Crippen molar-refractivity contribution in [3.63, 3.8) is 0 Å². The van der Waals surface area contributed by atoms with Crippen LogP contribution in [-0.4, -0.2) is 56.3 Å². The summed E-state index contributed by atoms with van der Waals surface area (Å²) in [5, 5.41) is 10.8. The molecule has 0 N–H and O–H groups in total. The van der Waals surface area contributed by atoms with E-state index in [1.54, 1.807) is 6.92 Å². The number of nitro groups is 1. The first-order chi connectivity index (χ1) is 8.91. The summed E-state index contributed by atoms with van der Waals surface area (Å²) in [6.07, 6.45) is 1.16. The minimum Gasteiger partial charge on any atom is -0.358 e. The summed E-state index contributed by atoms with van der Waals surface area (Å²) in [6.45, 7) is 1.93. The zero-order chi connectivity index (χ0) is 14.2. The number of amides is 3. The molecule has 9 heteroatoms. The highest BCUT2D eigenvalue weighted by molar-refractivity contribution is 6.01. The van der Waals surface area contributed by atoms with Crippen LogP contribution in [0.1, 0.15) is 5.82 Å². The molecule has 9 nitrogen and oxygen atoms in total. The van der Waals surface area contributed by atoms with Crippen molar-refractivity contribution in [2.45, 2.75) is 13.5 Å². The highest BCUT2D eigenvalue weighted by Gasteiger charge is 2.34. The summed E-state index contributed by atoms with van der Waals surface area (Å²) in [7, 11) is 1.53. The number of aryl methyl sites for hydroxylation is 1. The van der Waals surface area contributed by atoms with Crippen molar-refractivity contribution in [1.29, 1.82) is 0 Å². The van der Waals surface area contributed by atoms with Crippen LogP contribution in [0.2, 0.25) is 0 Å². The van der Waals surface area contributed by atoms with E-state index in [0.29, 0.717) is 5.82 Å². The highest BCUT2D eigenvalue weighted by Crippen LogP contribution is 2.15. The summed E-state index contributed by atoms with van der Waals surface area (Å²) in [4.78, 5) is 39.7. The van der Waals surface area contributed by atoms with Crippen LogP contribution in [-0.2, 0) is 11.3 Å². The Hall–Kier alpha value is -2.45. The topological polar surface area (TPSA) is 102 Å². The Kier molecular flexibility index (Phi) is 3.19. The smallest absolute Gasteiger partial charge is 0.342 e. The number of hydrogen-bond acceptors (Lipinski definition) is 5. The average molecular weight is 267 g/mol. The molecule has 1 aromatic rings. The van der Waals surface area contributed by atoms with Gasteiger partial charge in [-0.1, -0.05) is 0 Å². The summed E-state index contributed by atoms with van der Waals surface area (Å²) < 4.78 is 1.37. The van der Waals surface area contributed by atoms with Gasteiger partial charge >= 0.3 is 11.8 Å². The molecule has 2 heterocycles. The van der Waals surface area contributed by atoms with Gasteiger partial charge in [0.1, 0.15) is 19.3 Å². The van der Waals surface area contributed by atoms with E-state index in [-0.39, 0.29) is 37.4 Å². The van der Waals surface area contributed by atoms with Crippen LogP contribution in [0.25, 0.3) is 0 Å². The zero-order valence-corrected chi connectivity index (χ0v) is 10.6. The van der Waals surface area contributed by atoms with Gasteiger partial charge in [0.05, 0.1) is 6.54 Å². The van der Waals surface area contributed by atoms with Gasteiger partial charge in [-0.3, -0.25) is 9.69 Å². The number of imide groups is 1. The first-order valence-corrected chi connectivity index (χ1v) is 5.63. The van der Waals surface area contributed by atoms with Crippen LogP contribution >= 0.6 is 0 Å². The lowest BCUT2D eigenvalue weighted by Gasteiger charge is -2.13. The first kappa shape index (κ1) is 13.0. The quantitative estimate of drug-likeness (QED) is 0.434. The number of carbonyl (C=O) groups excluding carboxylic acids is 2. The minimum absolute atomic E-state index is 0.0455. The van der Waals surface area contributed by atoms with E-state index < -0.39 is 4.92 Å². The van der Waals surface area contributed by atoms with Crippen molar-refractivity contribution in [2.75, 3.05) is 20.1 Å². The maximum absolute atomic E-state index is 11.7. The fourth-order valence-corrected chi connectivity index (χ4v) is 1.97. The van der Waals surface area contributed by atoms with Crippen molar-refractivity contribution < 1.29 is 14.5 Å². The van der Waals surface area contributed by atoms with E-state index in [1.165, 1.54) is 16.5 Å². The molecule has 19 heavy (non-hydrogen) atoms. The molecule has 0 spiro atoms. The van der Waals surface area contributed by atoms with E-state index in [2.05, 4.69) is 4.98 Å². The molecule has 1 aromatic heterocycles. The maximum Gasteiger partial charge on any atom is 0.342 e. The molecule has 3 amide bonds. The molecule has 0 unspecified atom stereocenters. The molecule has 1 aliphatic rings. The van der Waals surface area contributed by atoms with Crippen molar-refractivity contribution in [3.05, 3.63) is 22.1 Å². The summed E-state index contributed by atoms with van der Waals surface area (Å²) in [6, 6.07) is -0.384. The van der Waals surface area contributed by atoms with Gasteiger partial charge in [0.15, 0.2) is 5.82 Å². The second-order valence-corrected chi connectivity index (χ2v) is 4.26. The summed E-state index contributed by atoms with van der Waals surface area (Å²) in [5.74, 6) is 0.0250. The lowest BCUT2D eigenvalue weighted by Crippen LogP contribution is -2.34. The molecule has 0 radical (unpaired) electrons. The van der Waals surface area contributed by atoms with Crippen LogP contribution < -0.4 is 0 Å². The predicted octanol–water partition coefficient (Wildman–Crippen LogP) is -0.00628. The fraction of sp³-hybridized carbons (Fsp3) is 0.500. The molecule has 102 valence electrons. The van der Waals surface area contributed by atoms with E-state index in [4.69, 9.17) is 0 Å². The monoisotopic (exact) mass is 267 g/mol. The lowest BCUT2D eigenvalue weighted by molar-refractivity contribution is -0.392. The molecule has 1 aliphatic heterocycles. The minimum atomic E-state index is -0.542. The number of hydrogen-bond donors (Lipinski definition) is 0. The molecular formula is C10H13N5O4. The molecule has 0 aromatic carbocycles. The first-order valence-electron chi connectivity index (χ1n) is 5.63. The van der Waals surface area contributed by atoms with Gasteiger partial charge in [0.25, 0.3) is 0 Å². The number of imidazole rings is 1. The third-order valence-corrected chi connectivity index (χ3v) is 3.00. The fourth-order valence-electron chi connectivity index (χ4n) is 1.97. The van der Waals surface area contributed by atoms with Gasteiger partial charge in [0.2, 0.25) is 5.91 Å². The number of likely N-dealkylation sites (N-methyl/N-ethyl adjacent to an activating group) is 1. The Labute approximate surface area is 108 Å². The number of rotatable bonds is 4. The SMILES string of the molecule is Cc1ncc([N+](=O)[O-])n1CCN1C(=O)CN(C)C1=O. The Morgan fingerprint density at radius 2 is 2.11 bits per heavy atom. The highest BCUT2D eigenvalue weighted by atomic mass is 16.6. The molecule has 0 bridgehead atoms. The van der Waals surface area contributed by atoms with E-state index in [1.807, 2.05) is 0 Å². The lowest BCUT2D eigenvalue weighted by atomic mass is 10.5. The van der Waals surface area contributed by atoms with Gasteiger partial charge in [-0.05, 0) is 4.92 Å². The number of nitrogens with zero attached hydrogens (tertiary/aromatic N) is 5. The van der Waals surface area contributed by atoms with E-state index in [9.17, 15) is 19.7 Å². The van der Waals surface area contributed by atoms with Gasteiger partial charge in [-0.15, -0.1) is 0 Å². The number of aromatic nitrogens is 2. The van der Waals surface area contributed by atoms with Crippen LogP contribution in [0.15, 0.2) is 6.20 Å². The number of carbonyl (C=O) groups is 2. The maximum atomic E-state index is 11.7. The van der Waals surface area contributed by atoms with Crippen molar-refractivity contribution in [2.24, 2.45) is 0 Å². The molecular weight excluding hydrogens is 254 g/mol. The molecule has 0 saturated carbocycles. The Bertz CT molecular complexity index is 552. The van der Waals surface area contributed by atoms with E-state index >= 15 is 0 Å². The molecule has 0 aliphatic carbocycles. The van der Waals surface area contributed by atoms with Crippen LogP contribution in [0.5, 0.6) is 0 Å². The Morgan fingerprint density at radius 1 is 1.42 bits per heavy atom. The third kappa shape index (κ3) is 2.26. The summed E-state index contributed by atoms with van der Waals surface area (Å²) in [5.41, 5.74) is 0. The predicted molar refractivity (Wildman–Crippen MR) is 63.4 cm³/mol. The Balaban J connectivity index is 2.11. The van der Waals surface area contributed by atoms with Crippen molar-refractivity contribution in [3.8, 4) is 0 Å². The Morgan fingerprint density at radius 3 is 2.63 bits per heavy atom. The second-order valence-electron chi connectivity index (χ2n) is 4.26. The average Bonchev–Trinajstić information content (AvgIpc) is 2.80. The van der Waals surface area contributed by atoms with Gasteiger partial charge in [0, 0.05) is 14.0 Å². The van der Waals surface area contributed by atoms with Crippen molar-refractivity contribution >= 4 is 17.8 Å². The van der Waals surface area contributed by atoms with Gasteiger partial charge in [-0.25, -0.2) is 14.3 Å². The number of urea groups is 1. The zero-order valence-electron chi connectivity index (χ0n) is 10.6. The normalized spacial score (nSPS) is 15.5. The largest absolute Gasteiger partial charge is 0.358 e.